The molecule has 0 aromatic rings. The molecule has 1 aliphatic heterocycles. The number of carbonyl (C=O) groups excluding carboxylic acids is 1. The molecule has 2 rings (SSSR count). The van der Waals surface area contributed by atoms with Crippen molar-refractivity contribution in [1.82, 2.24) is 4.90 Å². The van der Waals surface area contributed by atoms with Gasteiger partial charge in [0.1, 0.15) is 24.4 Å². The highest BCUT2D eigenvalue weighted by molar-refractivity contribution is 5.90. The summed E-state index contributed by atoms with van der Waals surface area (Å²) in [6.07, 6.45) is -1.78. The average Bonchev–Trinajstić information content (AvgIpc) is 2.83. The van der Waals surface area contributed by atoms with E-state index < -0.39 is 24.7 Å². The van der Waals surface area contributed by atoms with Crippen LogP contribution in [0.15, 0.2) is 34.6 Å². The summed E-state index contributed by atoms with van der Waals surface area (Å²) < 4.78 is 43.3. The molecule has 0 saturated carbocycles. The van der Waals surface area contributed by atoms with Crippen LogP contribution in [0.2, 0.25) is 0 Å². The Hall–Kier alpha value is -2.74. The third-order valence-electron chi connectivity index (χ3n) is 3.51. The number of ether oxygens (including phenoxy) is 1. The lowest BCUT2D eigenvalue weighted by molar-refractivity contribution is -0.151. The molecule has 23 heavy (non-hydrogen) atoms. The number of rotatable bonds is 3. The lowest BCUT2D eigenvalue weighted by Crippen LogP contribution is -2.41. The zero-order valence-electron chi connectivity index (χ0n) is 12.1. The van der Waals surface area contributed by atoms with Gasteiger partial charge in [0.15, 0.2) is 0 Å². The van der Waals surface area contributed by atoms with Gasteiger partial charge in [0.25, 0.3) is 0 Å². The van der Waals surface area contributed by atoms with Crippen LogP contribution in [0.5, 0.6) is 0 Å². The van der Waals surface area contributed by atoms with Gasteiger partial charge in [-0.25, -0.2) is 4.79 Å². The van der Waals surface area contributed by atoms with Gasteiger partial charge in [-0.2, -0.15) is 23.7 Å². The van der Waals surface area contributed by atoms with E-state index in [9.17, 15) is 23.2 Å². The molecule has 0 saturated heterocycles. The van der Waals surface area contributed by atoms with Crippen molar-refractivity contribution in [2.45, 2.75) is 25.6 Å². The quantitative estimate of drug-likeness (QED) is 0.745. The van der Waals surface area contributed by atoms with Crippen LogP contribution in [0.25, 0.3) is 0 Å². The molecule has 0 spiro atoms. The molecule has 0 aromatic heterocycles. The van der Waals surface area contributed by atoms with E-state index in [1.165, 1.54) is 12.2 Å². The number of halogens is 3. The number of nitrogens with zero attached hydrogens (tertiary/aromatic N) is 3. The Kier molecular flexibility index (Phi) is 4.46. The highest BCUT2D eigenvalue weighted by Crippen LogP contribution is 2.38. The molecule has 1 atom stereocenters. The van der Waals surface area contributed by atoms with Gasteiger partial charge in [-0.15, -0.1) is 0 Å². The summed E-state index contributed by atoms with van der Waals surface area (Å²) in [6, 6.07) is 2.88. The second-order valence-corrected chi connectivity index (χ2v) is 4.92. The molecule has 1 aliphatic carbocycles. The van der Waals surface area contributed by atoms with E-state index in [-0.39, 0.29) is 35.4 Å². The molecule has 120 valence electrons. The summed E-state index contributed by atoms with van der Waals surface area (Å²) in [4.78, 5) is 12.8. The second kappa shape index (κ2) is 6.17. The first-order valence-electron chi connectivity index (χ1n) is 6.79. The summed E-state index contributed by atoms with van der Waals surface area (Å²) in [6.45, 7) is 0.233. The number of hydrogen-bond donors (Lipinski definition) is 0. The molecule has 0 aromatic carbocycles. The van der Waals surface area contributed by atoms with Gasteiger partial charge in [0.05, 0.1) is 23.8 Å². The highest BCUT2D eigenvalue weighted by Gasteiger charge is 2.43. The minimum atomic E-state index is -4.52. The number of allylic oxidation sites excluding steroid dienone is 2. The molecule has 2 aliphatic rings. The molecule has 5 nitrogen and oxygen atoms in total. The standard InChI is InChI=1S/C15H12F3N3O2/c1-2-23-14(22)13-5-10-11(7-20)9(6-19)3-4-12(10)21(13)8-15(16,17)18/h3,5,12H,2,4,8H2,1H3. The summed E-state index contributed by atoms with van der Waals surface area (Å²) in [5.74, 6) is -0.880. The molecule has 1 heterocycles. The molecule has 0 amide bonds. The fourth-order valence-electron chi connectivity index (χ4n) is 2.64. The van der Waals surface area contributed by atoms with Crippen LogP contribution in [0.1, 0.15) is 13.3 Å². The predicted octanol–water partition coefficient (Wildman–Crippen LogP) is 2.35. The number of hydrogen-bond acceptors (Lipinski definition) is 5. The van der Waals surface area contributed by atoms with Crippen molar-refractivity contribution in [2.24, 2.45) is 0 Å². The van der Waals surface area contributed by atoms with Gasteiger partial charge in [0, 0.05) is 0 Å². The van der Waals surface area contributed by atoms with Crippen molar-refractivity contribution in [3.8, 4) is 12.1 Å². The molecule has 0 bridgehead atoms. The van der Waals surface area contributed by atoms with Crippen molar-refractivity contribution >= 4 is 5.97 Å². The van der Waals surface area contributed by atoms with E-state index in [2.05, 4.69) is 0 Å². The van der Waals surface area contributed by atoms with Crippen LogP contribution < -0.4 is 0 Å². The lowest BCUT2D eigenvalue weighted by atomic mass is 9.89. The molecule has 0 radical (unpaired) electrons. The summed E-state index contributed by atoms with van der Waals surface area (Å²) in [7, 11) is 0. The van der Waals surface area contributed by atoms with Gasteiger partial charge < -0.3 is 9.64 Å². The Bertz CT molecular complexity index is 705. The summed E-state index contributed by atoms with van der Waals surface area (Å²) >= 11 is 0. The number of esters is 1. The van der Waals surface area contributed by atoms with Crippen molar-refractivity contribution in [3.63, 3.8) is 0 Å². The van der Waals surface area contributed by atoms with E-state index in [0.717, 1.165) is 4.90 Å². The predicted molar refractivity (Wildman–Crippen MR) is 72.2 cm³/mol. The molecular weight excluding hydrogens is 311 g/mol. The van der Waals surface area contributed by atoms with Crippen LogP contribution in [0.3, 0.4) is 0 Å². The van der Waals surface area contributed by atoms with Crippen molar-refractivity contribution in [2.75, 3.05) is 13.2 Å². The van der Waals surface area contributed by atoms with Crippen LogP contribution in [0.4, 0.5) is 13.2 Å². The minimum absolute atomic E-state index is 0.00442. The lowest BCUT2D eigenvalue weighted by Gasteiger charge is -2.31. The number of alkyl halides is 3. The fourth-order valence-corrected chi connectivity index (χ4v) is 2.64. The van der Waals surface area contributed by atoms with Crippen molar-refractivity contribution in [1.29, 1.82) is 10.5 Å². The van der Waals surface area contributed by atoms with Gasteiger partial charge in [0.2, 0.25) is 0 Å². The van der Waals surface area contributed by atoms with Gasteiger partial charge in [-0.3, -0.25) is 0 Å². The van der Waals surface area contributed by atoms with E-state index >= 15 is 0 Å². The van der Waals surface area contributed by atoms with Crippen LogP contribution in [0, 0.1) is 22.7 Å². The normalized spacial score (nSPS) is 20.3. The van der Waals surface area contributed by atoms with Gasteiger partial charge in [-0.1, -0.05) is 6.08 Å². The first-order chi connectivity index (χ1) is 10.8. The van der Waals surface area contributed by atoms with Crippen LogP contribution in [-0.2, 0) is 9.53 Å². The monoisotopic (exact) mass is 323 g/mol. The van der Waals surface area contributed by atoms with Gasteiger partial charge >= 0.3 is 12.1 Å². The summed E-state index contributed by atoms with van der Waals surface area (Å²) in [5.41, 5.74) is 0.102. The number of fused-ring (bicyclic) bond motifs is 1. The molecule has 0 fully saturated rings. The fraction of sp³-hybridized carbons (Fsp3) is 0.400. The second-order valence-electron chi connectivity index (χ2n) is 4.92. The maximum Gasteiger partial charge on any atom is 0.405 e. The Morgan fingerprint density at radius 2 is 2.13 bits per heavy atom. The average molecular weight is 323 g/mol. The Morgan fingerprint density at radius 3 is 2.65 bits per heavy atom. The first kappa shape index (κ1) is 16.6. The van der Waals surface area contributed by atoms with Crippen molar-refractivity contribution < 1.29 is 22.7 Å². The first-order valence-corrected chi connectivity index (χ1v) is 6.79. The van der Waals surface area contributed by atoms with E-state index in [1.807, 2.05) is 12.1 Å². The maximum atomic E-state index is 12.8. The Morgan fingerprint density at radius 1 is 1.43 bits per heavy atom. The van der Waals surface area contributed by atoms with Crippen LogP contribution >= 0.6 is 0 Å². The third-order valence-corrected chi connectivity index (χ3v) is 3.51. The summed E-state index contributed by atoms with van der Waals surface area (Å²) in [5, 5.41) is 18.2. The zero-order chi connectivity index (χ0) is 17.2. The number of nitriles is 2. The third kappa shape index (κ3) is 3.21. The van der Waals surface area contributed by atoms with E-state index in [0.29, 0.717) is 0 Å². The molecule has 8 heteroatoms. The maximum absolute atomic E-state index is 12.8. The van der Waals surface area contributed by atoms with Gasteiger partial charge in [-0.05, 0) is 25.0 Å². The van der Waals surface area contributed by atoms with E-state index in [1.54, 1.807) is 6.92 Å². The highest BCUT2D eigenvalue weighted by atomic mass is 19.4. The van der Waals surface area contributed by atoms with E-state index in [4.69, 9.17) is 10.00 Å². The minimum Gasteiger partial charge on any atom is -0.461 e. The van der Waals surface area contributed by atoms with Crippen LogP contribution in [-0.4, -0.2) is 36.2 Å². The molecule has 1 unspecified atom stereocenters. The largest absolute Gasteiger partial charge is 0.461 e. The zero-order valence-corrected chi connectivity index (χ0v) is 12.1. The smallest absolute Gasteiger partial charge is 0.405 e. The molecular formula is C15H12F3N3O2. The molecule has 0 N–H and O–H groups in total. The Balaban J connectivity index is 2.50. The Labute approximate surface area is 130 Å². The number of carbonyl (C=O) groups is 1. The van der Waals surface area contributed by atoms with Crippen molar-refractivity contribution in [3.05, 3.63) is 34.6 Å². The topological polar surface area (TPSA) is 77.1 Å². The SMILES string of the molecule is CCOC(=O)C1=CC2=C(C#N)C(C#N)=CCC2N1CC(F)(F)F.